The number of hydrogen-bond acceptors (Lipinski definition) is 6. The van der Waals surface area contributed by atoms with Crippen molar-refractivity contribution in [2.45, 2.75) is 54.8 Å². The van der Waals surface area contributed by atoms with Crippen molar-refractivity contribution >= 4 is 23.5 Å². The number of ketones is 1. The summed E-state index contributed by atoms with van der Waals surface area (Å²) >= 11 is 1.80. The van der Waals surface area contributed by atoms with Crippen LogP contribution in [0.2, 0.25) is 0 Å². The van der Waals surface area contributed by atoms with Gasteiger partial charge in [0.25, 0.3) is 5.91 Å². The average Bonchev–Trinajstić information content (AvgIpc) is 3.76. The van der Waals surface area contributed by atoms with E-state index in [2.05, 4.69) is 29.3 Å². The van der Waals surface area contributed by atoms with Crippen LogP contribution in [0, 0.1) is 11.8 Å². The molecular formula is C30H29N3O4S. The second kappa shape index (κ2) is 9.05. The fraction of sp³-hybridized carbons (Fsp3) is 0.367. The Morgan fingerprint density at radius 3 is 2.50 bits per heavy atom. The smallest absolute Gasteiger partial charge is 0.278 e. The SMILES string of the molecule is O=C(CC1CC(N2CN([C@H]3c4ccccc4CSc4ccccc43)n3ccc(=O)c(O)c3C2=O)C1)C1CC1. The highest BCUT2D eigenvalue weighted by Crippen LogP contribution is 2.44. The highest BCUT2D eigenvalue weighted by atomic mass is 32.2. The molecule has 2 aromatic carbocycles. The third-order valence-electron chi connectivity index (χ3n) is 8.51. The number of carbonyl (C=O) groups is 2. The van der Waals surface area contributed by atoms with Crippen LogP contribution in [0.15, 0.2) is 70.5 Å². The molecule has 7 nitrogen and oxygen atoms in total. The molecule has 194 valence electrons. The summed E-state index contributed by atoms with van der Waals surface area (Å²) in [5, 5.41) is 12.9. The van der Waals surface area contributed by atoms with Crippen molar-refractivity contribution in [1.29, 1.82) is 0 Å². The summed E-state index contributed by atoms with van der Waals surface area (Å²) in [4.78, 5) is 41.6. The highest BCUT2D eigenvalue weighted by molar-refractivity contribution is 7.98. The molecule has 0 saturated heterocycles. The van der Waals surface area contributed by atoms with E-state index in [4.69, 9.17) is 0 Å². The number of pyridine rings is 1. The van der Waals surface area contributed by atoms with Crippen molar-refractivity contribution in [2.24, 2.45) is 11.8 Å². The lowest BCUT2D eigenvalue weighted by atomic mass is 9.76. The van der Waals surface area contributed by atoms with Gasteiger partial charge in [-0.05, 0) is 54.4 Å². The number of Topliss-reactive ketones (excluding diaryl/α,β-unsaturated/α-hetero) is 1. The second-order valence-corrected chi connectivity index (χ2v) is 12.0. The molecule has 4 aliphatic rings. The summed E-state index contributed by atoms with van der Waals surface area (Å²) in [6.45, 7) is 0.320. The first-order chi connectivity index (χ1) is 18.5. The minimum absolute atomic E-state index is 0.00752. The van der Waals surface area contributed by atoms with Gasteiger partial charge in [0, 0.05) is 41.3 Å². The van der Waals surface area contributed by atoms with Gasteiger partial charge in [0.05, 0.1) is 6.04 Å². The van der Waals surface area contributed by atoms with Gasteiger partial charge in [-0.3, -0.25) is 24.1 Å². The topological polar surface area (TPSA) is 82.8 Å². The zero-order valence-corrected chi connectivity index (χ0v) is 21.8. The number of aromatic nitrogens is 1. The Morgan fingerprint density at radius 1 is 0.974 bits per heavy atom. The predicted molar refractivity (Wildman–Crippen MR) is 145 cm³/mol. The number of amides is 1. The molecule has 0 spiro atoms. The number of nitrogens with zero attached hydrogens (tertiary/aromatic N) is 3. The third kappa shape index (κ3) is 3.85. The van der Waals surface area contributed by atoms with Crippen LogP contribution in [0.25, 0.3) is 0 Å². The quantitative estimate of drug-likeness (QED) is 0.528. The molecule has 1 aromatic heterocycles. The molecule has 0 unspecified atom stereocenters. The van der Waals surface area contributed by atoms with E-state index in [0.717, 1.165) is 42.6 Å². The van der Waals surface area contributed by atoms with E-state index in [1.54, 1.807) is 27.5 Å². The first kappa shape index (κ1) is 23.6. The number of thioether (sulfide) groups is 1. The predicted octanol–water partition coefficient (Wildman–Crippen LogP) is 4.45. The summed E-state index contributed by atoms with van der Waals surface area (Å²) in [5.41, 5.74) is 2.93. The molecule has 2 aliphatic carbocycles. The Labute approximate surface area is 225 Å². The monoisotopic (exact) mass is 527 g/mol. The van der Waals surface area contributed by atoms with Gasteiger partial charge in [-0.15, -0.1) is 11.8 Å². The fourth-order valence-electron chi connectivity index (χ4n) is 6.23. The number of benzene rings is 2. The molecule has 1 atom stereocenters. The van der Waals surface area contributed by atoms with Crippen molar-refractivity contribution in [3.05, 3.63) is 93.4 Å². The Bertz CT molecular complexity index is 1460. The summed E-state index contributed by atoms with van der Waals surface area (Å²) in [6.07, 6.45) is 5.76. The van der Waals surface area contributed by atoms with Crippen molar-refractivity contribution in [2.75, 3.05) is 11.7 Å². The van der Waals surface area contributed by atoms with Gasteiger partial charge in [0.15, 0.2) is 11.4 Å². The molecule has 3 heterocycles. The van der Waals surface area contributed by atoms with Crippen LogP contribution in [0.5, 0.6) is 5.75 Å². The van der Waals surface area contributed by atoms with E-state index in [1.807, 2.05) is 24.3 Å². The van der Waals surface area contributed by atoms with Crippen LogP contribution in [0.1, 0.15) is 65.3 Å². The molecule has 3 aromatic rings. The molecule has 2 saturated carbocycles. The molecule has 0 radical (unpaired) electrons. The lowest BCUT2D eigenvalue weighted by molar-refractivity contribution is -0.122. The average molecular weight is 528 g/mol. The van der Waals surface area contributed by atoms with Crippen LogP contribution in [0.4, 0.5) is 0 Å². The van der Waals surface area contributed by atoms with E-state index in [1.165, 1.54) is 16.5 Å². The van der Waals surface area contributed by atoms with E-state index < -0.39 is 11.2 Å². The number of fused-ring (bicyclic) bond motifs is 3. The van der Waals surface area contributed by atoms with E-state index in [0.29, 0.717) is 24.8 Å². The Morgan fingerprint density at radius 2 is 1.71 bits per heavy atom. The lowest BCUT2D eigenvalue weighted by Gasteiger charge is -2.50. The van der Waals surface area contributed by atoms with Crippen LogP contribution < -0.4 is 10.4 Å². The molecule has 38 heavy (non-hydrogen) atoms. The first-order valence-corrected chi connectivity index (χ1v) is 14.3. The van der Waals surface area contributed by atoms with Crippen LogP contribution in [-0.4, -0.2) is 39.1 Å². The third-order valence-corrected chi connectivity index (χ3v) is 9.65. The molecular weight excluding hydrogens is 498 g/mol. The van der Waals surface area contributed by atoms with Gasteiger partial charge in [0.2, 0.25) is 5.43 Å². The van der Waals surface area contributed by atoms with Crippen molar-refractivity contribution in [3.63, 3.8) is 0 Å². The maximum atomic E-state index is 13.8. The van der Waals surface area contributed by atoms with Crippen LogP contribution in [-0.2, 0) is 10.5 Å². The standard InChI is InChI=1S/C30H29N3O4S/c34-24-11-12-32-28(29(24)36)30(37)31(21-13-18(14-21)15-25(35)19-9-10-19)17-33(32)27-22-6-2-1-5-20(22)16-38-26-8-4-3-7-23(26)27/h1-8,11-12,18-19,21,27,36H,9-10,13-17H2/t18?,21?,27-/m0/s1. The van der Waals surface area contributed by atoms with Crippen LogP contribution in [0.3, 0.4) is 0 Å². The summed E-state index contributed by atoms with van der Waals surface area (Å²) in [7, 11) is 0. The zero-order valence-electron chi connectivity index (χ0n) is 21.0. The summed E-state index contributed by atoms with van der Waals surface area (Å²) in [5.74, 6) is 0.888. The highest BCUT2D eigenvalue weighted by Gasteiger charge is 2.45. The van der Waals surface area contributed by atoms with E-state index >= 15 is 0 Å². The van der Waals surface area contributed by atoms with Gasteiger partial charge < -0.3 is 10.0 Å². The van der Waals surface area contributed by atoms with E-state index in [-0.39, 0.29) is 29.6 Å². The Hall–Kier alpha value is -3.52. The maximum Gasteiger partial charge on any atom is 0.278 e. The van der Waals surface area contributed by atoms with Crippen LogP contribution >= 0.6 is 11.8 Å². The zero-order chi connectivity index (χ0) is 26.0. The molecule has 0 bridgehead atoms. The minimum Gasteiger partial charge on any atom is -0.502 e. The number of hydrogen-bond donors (Lipinski definition) is 1. The van der Waals surface area contributed by atoms with E-state index in [9.17, 15) is 19.5 Å². The molecule has 1 amide bonds. The van der Waals surface area contributed by atoms with Crippen molar-refractivity contribution in [1.82, 2.24) is 9.58 Å². The molecule has 7 rings (SSSR count). The van der Waals surface area contributed by atoms with Gasteiger partial charge in [-0.2, -0.15) is 0 Å². The molecule has 1 N–H and O–H groups in total. The van der Waals surface area contributed by atoms with Gasteiger partial charge in [-0.1, -0.05) is 42.5 Å². The largest absolute Gasteiger partial charge is 0.502 e. The summed E-state index contributed by atoms with van der Waals surface area (Å²) < 4.78 is 1.68. The number of rotatable bonds is 5. The van der Waals surface area contributed by atoms with Gasteiger partial charge in [-0.25, -0.2) is 0 Å². The van der Waals surface area contributed by atoms with Crippen molar-refractivity contribution in [3.8, 4) is 5.75 Å². The Kier molecular flexibility index (Phi) is 5.62. The Balaban J connectivity index is 1.30. The van der Waals surface area contributed by atoms with Gasteiger partial charge >= 0.3 is 0 Å². The number of carbonyl (C=O) groups excluding carboxylic acids is 2. The van der Waals surface area contributed by atoms with Crippen molar-refractivity contribution < 1.29 is 14.7 Å². The molecule has 2 fully saturated rings. The number of aromatic hydroxyl groups is 1. The molecule has 8 heteroatoms. The van der Waals surface area contributed by atoms with Gasteiger partial charge in [0.1, 0.15) is 12.5 Å². The molecule has 2 aliphatic heterocycles. The maximum absolute atomic E-state index is 13.8. The first-order valence-electron chi connectivity index (χ1n) is 13.3. The summed E-state index contributed by atoms with van der Waals surface area (Å²) in [6, 6.07) is 17.8. The fourth-order valence-corrected chi connectivity index (χ4v) is 7.33. The lowest BCUT2D eigenvalue weighted by Crippen LogP contribution is -2.60. The second-order valence-electron chi connectivity index (χ2n) is 10.9. The minimum atomic E-state index is -0.565. The normalized spacial score (nSPS) is 24.1.